The Morgan fingerprint density at radius 3 is 2.75 bits per heavy atom. The number of hydrogen-bond acceptors (Lipinski definition) is 4. The average molecular weight is 436 g/mol. The molecule has 0 bridgehead atoms. The number of halogens is 1. The lowest BCUT2D eigenvalue weighted by molar-refractivity contribution is -0.121. The SMILES string of the molecule is O=C(CC[C@@H]1CCCN(C(=O)c2cc(=O)c3ccccc3o2)C1)NCc1ccccc1F. The molecular weight excluding hydrogens is 411 g/mol. The molecule has 6 nitrogen and oxygen atoms in total. The molecule has 1 atom stereocenters. The molecular formula is C25H25FN2O4. The summed E-state index contributed by atoms with van der Waals surface area (Å²) in [4.78, 5) is 39.2. The first-order valence-corrected chi connectivity index (χ1v) is 10.8. The summed E-state index contributed by atoms with van der Waals surface area (Å²) in [5.74, 6) is -0.565. The molecule has 0 saturated carbocycles. The summed E-state index contributed by atoms with van der Waals surface area (Å²) in [5.41, 5.74) is 0.603. The van der Waals surface area contributed by atoms with Crippen LogP contribution in [0.1, 0.15) is 41.8 Å². The Hall–Kier alpha value is -3.48. The van der Waals surface area contributed by atoms with Crippen LogP contribution in [-0.4, -0.2) is 29.8 Å². The van der Waals surface area contributed by atoms with Crippen molar-refractivity contribution in [1.82, 2.24) is 10.2 Å². The molecule has 1 aliphatic heterocycles. The van der Waals surface area contributed by atoms with Crippen molar-refractivity contribution in [2.75, 3.05) is 13.1 Å². The highest BCUT2D eigenvalue weighted by Crippen LogP contribution is 2.23. The van der Waals surface area contributed by atoms with E-state index >= 15 is 0 Å². The Balaban J connectivity index is 1.32. The van der Waals surface area contributed by atoms with Crippen LogP contribution in [0, 0.1) is 11.7 Å². The zero-order valence-corrected chi connectivity index (χ0v) is 17.7. The van der Waals surface area contributed by atoms with Gasteiger partial charge < -0.3 is 14.6 Å². The fourth-order valence-electron chi connectivity index (χ4n) is 4.11. The molecule has 0 aliphatic carbocycles. The molecule has 4 rings (SSSR count). The van der Waals surface area contributed by atoms with Crippen molar-refractivity contribution in [2.24, 2.45) is 5.92 Å². The Morgan fingerprint density at radius 2 is 1.91 bits per heavy atom. The molecule has 1 aliphatic rings. The lowest BCUT2D eigenvalue weighted by Gasteiger charge is -2.32. The number of carbonyl (C=O) groups is 2. The summed E-state index contributed by atoms with van der Waals surface area (Å²) in [5, 5.41) is 3.20. The van der Waals surface area contributed by atoms with Gasteiger partial charge in [0.1, 0.15) is 11.4 Å². The minimum absolute atomic E-state index is 0.0389. The molecule has 1 saturated heterocycles. The van der Waals surface area contributed by atoms with Gasteiger partial charge in [0.25, 0.3) is 5.91 Å². The second-order valence-corrected chi connectivity index (χ2v) is 8.14. The zero-order valence-electron chi connectivity index (χ0n) is 17.7. The average Bonchev–Trinajstić information content (AvgIpc) is 2.82. The van der Waals surface area contributed by atoms with Crippen molar-refractivity contribution >= 4 is 22.8 Å². The summed E-state index contributed by atoms with van der Waals surface area (Å²) in [7, 11) is 0. The van der Waals surface area contributed by atoms with Gasteiger partial charge in [0, 0.05) is 37.7 Å². The highest BCUT2D eigenvalue weighted by Gasteiger charge is 2.26. The largest absolute Gasteiger partial charge is 0.451 e. The van der Waals surface area contributed by atoms with Gasteiger partial charge in [0.05, 0.1) is 5.39 Å². The number of para-hydroxylation sites is 1. The molecule has 0 radical (unpaired) electrons. The van der Waals surface area contributed by atoms with Crippen molar-refractivity contribution in [1.29, 1.82) is 0 Å². The van der Waals surface area contributed by atoms with Gasteiger partial charge >= 0.3 is 0 Å². The molecule has 1 aromatic heterocycles. The number of carbonyl (C=O) groups excluding carboxylic acids is 2. The Bertz CT molecular complexity index is 1190. The Labute approximate surface area is 185 Å². The van der Waals surface area contributed by atoms with Gasteiger partial charge in [-0.3, -0.25) is 14.4 Å². The first kappa shape index (κ1) is 21.7. The minimum Gasteiger partial charge on any atom is -0.451 e. The normalized spacial score (nSPS) is 16.2. The third kappa shape index (κ3) is 5.04. The van der Waals surface area contributed by atoms with Gasteiger partial charge in [-0.2, -0.15) is 0 Å². The maximum atomic E-state index is 13.7. The van der Waals surface area contributed by atoms with E-state index in [-0.39, 0.29) is 41.3 Å². The highest BCUT2D eigenvalue weighted by atomic mass is 19.1. The smallest absolute Gasteiger partial charge is 0.289 e. The standard InChI is InChI=1S/C25H25FN2O4/c26-20-9-3-1-7-18(20)15-27-24(30)12-11-17-6-5-13-28(16-17)25(31)23-14-21(29)19-8-2-4-10-22(19)32-23/h1-4,7-10,14,17H,5-6,11-13,15-16H2,(H,27,30)/t17-/m0/s1. The quantitative estimate of drug-likeness (QED) is 0.636. The molecule has 7 heteroatoms. The molecule has 1 N–H and O–H groups in total. The molecule has 32 heavy (non-hydrogen) atoms. The lowest BCUT2D eigenvalue weighted by Crippen LogP contribution is -2.40. The van der Waals surface area contributed by atoms with Crippen LogP contribution in [0.2, 0.25) is 0 Å². The summed E-state index contributed by atoms with van der Waals surface area (Å²) >= 11 is 0. The van der Waals surface area contributed by atoms with Gasteiger partial charge in [0.2, 0.25) is 5.91 Å². The second-order valence-electron chi connectivity index (χ2n) is 8.14. The van der Waals surface area contributed by atoms with E-state index in [1.54, 1.807) is 47.4 Å². The van der Waals surface area contributed by atoms with Crippen molar-refractivity contribution < 1.29 is 18.4 Å². The van der Waals surface area contributed by atoms with Crippen LogP contribution >= 0.6 is 0 Å². The van der Waals surface area contributed by atoms with Gasteiger partial charge in [-0.25, -0.2) is 4.39 Å². The van der Waals surface area contributed by atoms with E-state index in [9.17, 15) is 18.8 Å². The number of amides is 2. The molecule has 3 aromatic rings. The van der Waals surface area contributed by atoms with Gasteiger partial charge in [-0.15, -0.1) is 0 Å². The number of fused-ring (bicyclic) bond motifs is 1. The lowest BCUT2D eigenvalue weighted by atomic mass is 9.93. The summed E-state index contributed by atoms with van der Waals surface area (Å²) in [6.45, 7) is 1.25. The fraction of sp³-hybridized carbons (Fsp3) is 0.320. The number of hydrogen-bond donors (Lipinski definition) is 1. The number of nitrogens with one attached hydrogen (secondary N) is 1. The van der Waals surface area contributed by atoms with Crippen LogP contribution in [0.5, 0.6) is 0 Å². The van der Waals surface area contributed by atoms with Crippen LogP contribution in [0.25, 0.3) is 11.0 Å². The van der Waals surface area contributed by atoms with Gasteiger partial charge in [-0.1, -0.05) is 30.3 Å². The Morgan fingerprint density at radius 1 is 1.12 bits per heavy atom. The van der Waals surface area contributed by atoms with Crippen LogP contribution in [0.15, 0.2) is 63.8 Å². The summed E-state index contributed by atoms with van der Waals surface area (Å²) < 4.78 is 19.4. The molecule has 2 aromatic carbocycles. The first-order chi connectivity index (χ1) is 15.5. The number of nitrogens with zero attached hydrogens (tertiary/aromatic N) is 1. The monoisotopic (exact) mass is 436 g/mol. The van der Waals surface area contributed by atoms with E-state index in [1.807, 2.05) is 0 Å². The van der Waals surface area contributed by atoms with Crippen molar-refractivity contribution in [3.63, 3.8) is 0 Å². The van der Waals surface area contributed by atoms with Gasteiger partial charge in [-0.05, 0) is 43.4 Å². The predicted molar refractivity (Wildman–Crippen MR) is 119 cm³/mol. The zero-order chi connectivity index (χ0) is 22.5. The third-order valence-electron chi connectivity index (χ3n) is 5.87. The molecule has 1 fully saturated rings. The number of rotatable bonds is 6. The van der Waals surface area contributed by atoms with E-state index in [2.05, 4.69) is 5.32 Å². The van der Waals surface area contributed by atoms with Crippen molar-refractivity contribution in [3.05, 3.63) is 82.0 Å². The maximum Gasteiger partial charge on any atom is 0.289 e. The predicted octanol–water partition coefficient (Wildman–Crippen LogP) is 3.88. The van der Waals surface area contributed by atoms with E-state index < -0.39 is 0 Å². The first-order valence-electron chi connectivity index (χ1n) is 10.8. The molecule has 0 unspecified atom stereocenters. The Kier molecular flexibility index (Phi) is 6.63. The molecule has 166 valence electrons. The highest BCUT2D eigenvalue weighted by molar-refractivity contribution is 5.93. The van der Waals surface area contributed by atoms with Crippen LogP contribution in [0.4, 0.5) is 4.39 Å². The summed E-state index contributed by atoms with van der Waals surface area (Å²) in [6, 6.07) is 14.5. The third-order valence-corrected chi connectivity index (χ3v) is 5.87. The maximum absolute atomic E-state index is 13.7. The van der Waals surface area contributed by atoms with Gasteiger partial charge in [0.15, 0.2) is 11.2 Å². The topological polar surface area (TPSA) is 79.6 Å². The van der Waals surface area contributed by atoms with Crippen molar-refractivity contribution in [3.8, 4) is 0 Å². The van der Waals surface area contributed by atoms with Crippen LogP contribution in [-0.2, 0) is 11.3 Å². The number of benzene rings is 2. The van der Waals surface area contributed by atoms with Crippen molar-refractivity contribution in [2.45, 2.75) is 32.2 Å². The summed E-state index contributed by atoms with van der Waals surface area (Å²) in [6.07, 6.45) is 2.69. The fourth-order valence-corrected chi connectivity index (χ4v) is 4.11. The van der Waals surface area contributed by atoms with E-state index in [0.29, 0.717) is 42.5 Å². The second kappa shape index (κ2) is 9.77. The molecule has 2 heterocycles. The minimum atomic E-state index is -0.338. The number of likely N-dealkylation sites (tertiary alicyclic amines) is 1. The van der Waals surface area contributed by atoms with Crippen LogP contribution in [0.3, 0.4) is 0 Å². The van der Waals surface area contributed by atoms with E-state index in [0.717, 1.165) is 12.8 Å². The van der Waals surface area contributed by atoms with E-state index in [1.165, 1.54) is 12.1 Å². The number of piperidine rings is 1. The van der Waals surface area contributed by atoms with Crippen LogP contribution < -0.4 is 10.7 Å². The van der Waals surface area contributed by atoms with E-state index in [4.69, 9.17) is 4.42 Å². The molecule has 2 amide bonds. The molecule has 0 spiro atoms.